The van der Waals surface area contributed by atoms with E-state index >= 15 is 0 Å². The quantitative estimate of drug-likeness (QED) is 0.468. The highest BCUT2D eigenvalue weighted by Crippen LogP contribution is 2.49. The molecular formula is C26H24N4O3. The predicted octanol–water partition coefficient (Wildman–Crippen LogP) is 4.17. The van der Waals surface area contributed by atoms with Gasteiger partial charge in [0.25, 0.3) is 5.91 Å². The van der Waals surface area contributed by atoms with Gasteiger partial charge < -0.3 is 14.4 Å². The van der Waals surface area contributed by atoms with Crippen molar-refractivity contribution in [3.63, 3.8) is 0 Å². The van der Waals surface area contributed by atoms with E-state index in [2.05, 4.69) is 16.1 Å². The number of carbonyl (C=O) groups excluding carboxylic acids is 1. The fraction of sp³-hybridized carbons (Fsp3) is 0.269. The number of methoxy groups -OCH3 is 1. The number of aryl methyl sites for hydroxylation is 1. The van der Waals surface area contributed by atoms with Gasteiger partial charge in [-0.25, -0.2) is 4.98 Å². The molecular weight excluding hydrogens is 416 g/mol. The van der Waals surface area contributed by atoms with Crippen LogP contribution < -0.4 is 9.47 Å². The van der Waals surface area contributed by atoms with Gasteiger partial charge >= 0.3 is 0 Å². The number of hydrogen-bond acceptors (Lipinski definition) is 5. The summed E-state index contributed by atoms with van der Waals surface area (Å²) in [5.74, 6) is 1.44. The van der Waals surface area contributed by atoms with Gasteiger partial charge in [-0.15, -0.1) is 0 Å². The molecule has 0 N–H and O–H groups in total. The molecule has 2 aromatic heterocycles. The molecule has 0 radical (unpaired) electrons. The number of likely N-dealkylation sites (tertiary alicyclic amines) is 1. The van der Waals surface area contributed by atoms with Crippen LogP contribution in [0.3, 0.4) is 0 Å². The first-order chi connectivity index (χ1) is 16.1. The zero-order valence-electron chi connectivity index (χ0n) is 18.6. The lowest BCUT2D eigenvalue weighted by Crippen LogP contribution is -2.49. The Morgan fingerprint density at radius 1 is 1.09 bits per heavy atom. The van der Waals surface area contributed by atoms with Crippen molar-refractivity contribution in [2.75, 3.05) is 20.2 Å². The largest absolute Gasteiger partial charge is 0.496 e. The van der Waals surface area contributed by atoms with Crippen molar-refractivity contribution in [3.8, 4) is 22.8 Å². The van der Waals surface area contributed by atoms with Crippen LogP contribution in [0.25, 0.3) is 22.2 Å². The van der Waals surface area contributed by atoms with Crippen LogP contribution in [0, 0.1) is 0 Å². The van der Waals surface area contributed by atoms with E-state index in [1.165, 1.54) is 0 Å². The summed E-state index contributed by atoms with van der Waals surface area (Å²) in [6.45, 7) is 1.15. The Morgan fingerprint density at radius 3 is 2.67 bits per heavy atom. The van der Waals surface area contributed by atoms with Crippen molar-refractivity contribution < 1.29 is 14.3 Å². The van der Waals surface area contributed by atoms with Crippen LogP contribution in [0.1, 0.15) is 28.9 Å². The van der Waals surface area contributed by atoms with Crippen molar-refractivity contribution in [2.24, 2.45) is 7.05 Å². The minimum absolute atomic E-state index is 0.0866. The smallest absolute Gasteiger partial charge is 0.272 e. The van der Waals surface area contributed by atoms with Crippen LogP contribution in [0.15, 0.2) is 60.8 Å². The van der Waals surface area contributed by atoms with Gasteiger partial charge in [0.05, 0.1) is 24.5 Å². The molecule has 7 heteroatoms. The number of piperidine rings is 1. The highest BCUT2D eigenvalue weighted by molar-refractivity contribution is 5.97. The van der Waals surface area contributed by atoms with Gasteiger partial charge in [-0.05, 0) is 24.3 Å². The van der Waals surface area contributed by atoms with E-state index in [1.807, 2.05) is 65.3 Å². The average Bonchev–Trinajstić information content (AvgIpc) is 3.26. The first kappa shape index (κ1) is 19.8. The molecule has 1 spiro atoms. The fourth-order valence-electron chi connectivity index (χ4n) is 5.13. The van der Waals surface area contributed by atoms with E-state index in [0.717, 1.165) is 33.5 Å². The molecule has 6 rings (SSSR count). The summed E-state index contributed by atoms with van der Waals surface area (Å²) in [6.07, 6.45) is 3.30. The number of aromatic nitrogens is 3. The maximum absolute atomic E-state index is 13.4. The monoisotopic (exact) mass is 440 g/mol. The predicted molar refractivity (Wildman–Crippen MR) is 124 cm³/mol. The number of carbonyl (C=O) groups is 1. The lowest BCUT2D eigenvalue weighted by atomic mass is 9.81. The summed E-state index contributed by atoms with van der Waals surface area (Å²) >= 11 is 0. The van der Waals surface area contributed by atoms with E-state index in [-0.39, 0.29) is 5.91 Å². The lowest BCUT2D eigenvalue weighted by molar-refractivity contribution is -0.00189. The van der Waals surface area contributed by atoms with Crippen LogP contribution >= 0.6 is 0 Å². The molecule has 2 aliphatic heterocycles. The third-order valence-corrected chi connectivity index (χ3v) is 6.85. The van der Waals surface area contributed by atoms with Crippen LogP contribution in [0.2, 0.25) is 0 Å². The van der Waals surface area contributed by atoms with Gasteiger partial charge in [0.2, 0.25) is 0 Å². The second-order valence-electron chi connectivity index (χ2n) is 8.64. The third kappa shape index (κ3) is 2.99. The van der Waals surface area contributed by atoms with E-state index in [1.54, 1.807) is 13.2 Å². The maximum Gasteiger partial charge on any atom is 0.272 e. The minimum atomic E-state index is -0.483. The van der Waals surface area contributed by atoms with Crippen molar-refractivity contribution >= 4 is 16.8 Å². The number of pyridine rings is 1. The van der Waals surface area contributed by atoms with Crippen LogP contribution in [0.4, 0.5) is 0 Å². The Kier molecular flexibility index (Phi) is 4.40. The van der Waals surface area contributed by atoms with Gasteiger partial charge in [-0.3, -0.25) is 9.48 Å². The molecule has 0 atom stereocenters. The number of ether oxygens (including phenoxy) is 2. The topological polar surface area (TPSA) is 69.5 Å². The Balaban J connectivity index is 1.29. The molecule has 0 bridgehead atoms. The average molecular weight is 441 g/mol. The summed E-state index contributed by atoms with van der Waals surface area (Å²) in [6, 6.07) is 17.5. The lowest BCUT2D eigenvalue weighted by Gasteiger charge is -2.44. The van der Waals surface area contributed by atoms with Gasteiger partial charge in [0.15, 0.2) is 0 Å². The maximum atomic E-state index is 13.4. The van der Waals surface area contributed by atoms with Crippen molar-refractivity contribution in [1.29, 1.82) is 0 Å². The standard InChI is InChI=1S/C26H24N4O3/c1-29-24-18-8-4-6-10-22(18)33-26(19(24)16-27-29)11-13-30(14-12-26)25(31)21-15-23(32-2)17-7-3-5-9-20(17)28-21/h3-10,15-16H,11-14H2,1-2H3. The zero-order valence-corrected chi connectivity index (χ0v) is 18.6. The molecule has 0 unspecified atom stereocenters. The van der Waals surface area contributed by atoms with Gasteiger partial charge in [-0.2, -0.15) is 5.10 Å². The number of para-hydroxylation sites is 2. The van der Waals surface area contributed by atoms with Crippen LogP contribution in [0.5, 0.6) is 11.5 Å². The fourth-order valence-corrected chi connectivity index (χ4v) is 5.13. The second kappa shape index (κ2) is 7.33. The van der Waals surface area contributed by atoms with Gasteiger partial charge in [0, 0.05) is 55.6 Å². The Bertz CT molecular complexity index is 1390. The number of amides is 1. The van der Waals surface area contributed by atoms with Crippen LogP contribution in [-0.4, -0.2) is 45.8 Å². The number of nitrogens with zero attached hydrogens (tertiary/aromatic N) is 4. The van der Waals surface area contributed by atoms with Crippen molar-refractivity contribution in [3.05, 3.63) is 72.1 Å². The number of hydrogen-bond donors (Lipinski definition) is 0. The number of rotatable bonds is 2. The summed E-state index contributed by atoms with van der Waals surface area (Å²) in [4.78, 5) is 19.9. The molecule has 33 heavy (non-hydrogen) atoms. The normalized spacial score (nSPS) is 16.2. The van der Waals surface area contributed by atoms with E-state index < -0.39 is 5.60 Å². The SMILES string of the molecule is COc1cc(C(=O)N2CCC3(CC2)Oc2ccccc2-c2c3cnn2C)nc2ccccc12. The van der Waals surface area contributed by atoms with Gasteiger partial charge in [-0.1, -0.05) is 24.3 Å². The summed E-state index contributed by atoms with van der Waals surface area (Å²) in [7, 11) is 3.58. The summed E-state index contributed by atoms with van der Waals surface area (Å²) in [5, 5.41) is 5.42. The zero-order chi connectivity index (χ0) is 22.6. The summed E-state index contributed by atoms with van der Waals surface area (Å²) < 4.78 is 14.0. The summed E-state index contributed by atoms with van der Waals surface area (Å²) in [5.41, 5.74) is 3.92. The van der Waals surface area contributed by atoms with Gasteiger partial charge in [0.1, 0.15) is 22.8 Å². The molecule has 1 fully saturated rings. The van der Waals surface area contributed by atoms with E-state index in [9.17, 15) is 4.79 Å². The molecule has 0 aliphatic carbocycles. The van der Waals surface area contributed by atoms with Crippen LogP contribution in [-0.2, 0) is 12.6 Å². The molecule has 166 valence electrons. The van der Waals surface area contributed by atoms with E-state index in [4.69, 9.17) is 9.47 Å². The Labute approximate surface area is 191 Å². The molecule has 4 heterocycles. The Morgan fingerprint density at radius 2 is 1.85 bits per heavy atom. The Hall–Kier alpha value is -3.87. The molecule has 4 aromatic rings. The minimum Gasteiger partial charge on any atom is -0.496 e. The number of fused-ring (bicyclic) bond motifs is 5. The molecule has 7 nitrogen and oxygen atoms in total. The number of benzene rings is 2. The molecule has 2 aliphatic rings. The first-order valence-corrected chi connectivity index (χ1v) is 11.1. The molecule has 1 amide bonds. The first-order valence-electron chi connectivity index (χ1n) is 11.1. The second-order valence-corrected chi connectivity index (χ2v) is 8.64. The van der Waals surface area contributed by atoms with E-state index in [0.29, 0.717) is 37.4 Å². The highest BCUT2D eigenvalue weighted by Gasteiger charge is 2.46. The van der Waals surface area contributed by atoms with Crippen molar-refractivity contribution in [2.45, 2.75) is 18.4 Å². The third-order valence-electron chi connectivity index (χ3n) is 6.85. The molecule has 1 saturated heterocycles. The highest BCUT2D eigenvalue weighted by atomic mass is 16.5. The molecule has 0 saturated carbocycles. The van der Waals surface area contributed by atoms with Crippen molar-refractivity contribution in [1.82, 2.24) is 19.7 Å². The molecule has 2 aromatic carbocycles.